The Morgan fingerprint density at radius 2 is 1.75 bits per heavy atom. The highest BCUT2D eigenvalue weighted by Gasteiger charge is 2.26. The zero-order valence-corrected chi connectivity index (χ0v) is 12.2. The maximum atomic E-state index is 13.9. The predicted octanol–water partition coefficient (Wildman–Crippen LogP) is 3.73. The number of hydrogen-bond donors (Lipinski definition) is 1. The Hall–Kier alpha value is -1.91. The molecule has 108 valence electrons. The molecule has 0 atom stereocenters. The standard InChI is InChI=1S/C15H19F2N3/c1-5-11-19-13(14(18)20(11)15(2,3)4)12-9(16)7-6-8-10(12)17/h6-8H,5,18H2,1-4H3. The molecule has 0 amide bonds. The van der Waals surface area contributed by atoms with Crippen molar-refractivity contribution in [2.75, 3.05) is 5.73 Å². The van der Waals surface area contributed by atoms with Crippen molar-refractivity contribution in [3.05, 3.63) is 35.7 Å². The van der Waals surface area contributed by atoms with Crippen LogP contribution < -0.4 is 5.73 Å². The number of anilines is 1. The molecule has 3 nitrogen and oxygen atoms in total. The van der Waals surface area contributed by atoms with Crippen molar-refractivity contribution in [2.24, 2.45) is 0 Å². The van der Waals surface area contributed by atoms with Crippen LogP contribution in [0.3, 0.4) is 0 Å². The molecule has 0 saturated heterocycles. The number of nitrogen functional groups attached to an aromatic ring is 1. The Bertz CT molecular complexity index is 619. The molecule has 1 aromatic carbocycles. The summed E-state index contributed by atoms with van der Waals surface area (Å²) in [4.78, 5) is 4.34. The summed E-state index contributed by atoms with van der Waals surface area (Å²) in [5.74, 6) is -0.304. The highest BCUT2D eigenvalue weighted by molar-refractivity contribution is 5.72. The zero-order valence-electron chi connectivity index (χ0n) is 12.2. The van der Waals surface area contributed by atoms with Gasteiger partial charge in [0.25, 0.3) is 0 Å². The molecule has 0 aliphatic heterocycles. The summed E-state index contributed by atoms with van der Waals surface area (Å²) in [5.41, 5.74) is 5.81. The van der Waals surface area contributed by atoms with Crippen LogP contribution >= 0.6 is 0 Å². The molecular weight excluding hydrogens is 260 g/mol. The van der Waals surface area contributed by atoms with Gasteiger partial charge in [0.15, 0.2) is 0 Å². The summed E-state index contributed by atoms with van der Waals surface area (Å²) in [6, 6.07) is 3.74. The molecule has 0 spiro atoms. The fourth-order valence-electron chi connectivity index (χ4n) is 2.37. The lowest BCUT2D eigenvalue weighted by atomic mass is 10.1. The first-order valence-electron chi connectivity index (χ1n) is 6.59. The predicted molar refractivity (Wildman–Crippen MR) is 76.4 cm³/mol. The number of aromatic nitrogens is 2. The number of benzene rings is 1. The Balaban J connectivity index is 2.75. The van der Waals surface area contributed by atoms with E-state index < -0.39 is 11.6 Å². The van der Waals surface area contributed by atoms with Gasteiger partial charge in [-0.15, -0.1) is 0 Å². The van der Waals surface area contributed by atoms with Gasteiger partial charge in [0.05, 0.1) is 5.56 Å². The fourth-order valence-corrected chi connectivity index (χ4v) is 2.37. The van der Waals surface area contributed by atoms with Crippen LogP contribution in [-0.4, -0.2) is 9.55 Å². The Morgan fingerprint density at radius 3 is 2.15 bits per heavy atom. The maximum absolute atomic E-state index is 13.9. The molecule has 0 unspecified atom stereocenters. The smallest absolute Gasteiger partial charge is 0.135 e. The fraction of sp³-hybridized carbons (Fsp3) is 0.400. The number of nitrogens with zero attached hydrogens (tertiary/aromatic N) is 2. The van der Waals surface area contributed by atoms with E-state index in [9.17, 15) is 8.78 Å². The Kier molecular flexibility index (Phi) is 3.54. The van der Waals surface area contributed by atoms with E-state index >= 15 is 0 Å². The van der Waals surface area contributed by atoms with Crippen molar-refractivity contribution in [1.29, 1.82) is 0 Å². The van der Waals surface area contributed by atoms with Crippen molar-refractivity contribution in [3.63, 3.8) is 0 Å². The quantitative estimate of drug-likeness (QED) is 0.910. The lowest BCUT2D eigenvalue weighted by Gasteiger charge is -2.24. The van der Waals surface area contributed by atoms with Crippen LogP contribution in [0.25, 0.3) is 11.3 Å². The highest BCUT2D eigenvalue weighted by Crippen LogP contribution is 2.34. The van der Waals surface area contributed by atoms with Gasteiger partial charge in [0, 0.05) is 12.0 Å². The third kappa shape index (κ3) is 2.28. The van der Waals surface area contributed by atoms with Crippen LogP contribution in [0, 0.1) is 11.6 Å². The number of imidazole rings is 1. The molecule has 1 heterocycles. The summed E-state index contributed by atoms with van der Waals surface area (Å²) in [5, 5.41) is 0. The highest BCUT2D eigenvalue weighted by atomic mass is 19.1. The molecular formula is C15H19F2N3. The molecule has 5 heteroatoms. The SMILES string of the molecule is CCc1nc(-c2c(F)cccc2F)c(N)n1C(C)(C)C. The van der Waals surface area contributed by atoms with Crippen LogP contribution in [0.1, 0.15) is 33.5 Å². The largest absolute Gasteiger partial charge is 0.383 e. The van der Waals surface area contributed by atoms with E-state index in [2.05, 4.69) is 4.98 Å². The van der Waals surface area contributed by atoms with Crippen molar-refractivity contribution < 1.29 is 8.78 Å². The average Bonchev–Trinajstić information content (AvgIpc) is 2.66. The summed E-state index contributed by atoms with van der Waals surface area (Å²) in [6.07, 6.45) is 0.636. The lowest BCUT2D eigenvalue weighted by molar-refractivity contribution is 0.389. The second kappa shape index (κ2) is 4.89. The summed E-state index contributed by atoms with van der Waals surface area (Å²) in [6.45, 7) is 7.87. The number of nitrogens with two attached hydrogens (primary N) is 1. The molecule has 0 saturated carbocycles. The number of rotatable bonds is 2. The molecule has 0 aliphatic rings. The van der Waals surface area contributed by atoms with Crippen molar-refractivity contribution in [1.82, 2.24) is 9.55 Å². The number of hydrogen-bond acceptors (Lipinski definition) is 2. The summed E-state index contributed by atoms with van der Waals surface area (Å²) >= 11 is 0. The molecule has 0 bridgehead atoms. The van der Waals surface area contributed by atoms with Gasteiger partial charge in [-0.2, -0.15) is 0 Å². The van der Waals surface area contributed by atoms with Crippen molar-refractivity contribution >= 4 is 5.82 Å². The van der Waals surface area contributed by atoms with Gasteiger partial charge < -0.3 is 10.3 Å². The normalized spacial score (nSPS) is 11.9. The number of aryl methyl sites for hydroxylation is 1. The van der Waals surface area contributed by atoms with Crippen LogP contribution in [0.2, 0.25) is 0 Å². The maximum Gasteiger partial charge on any atom is 0.135 e. The third-order valence-electron chi connectivity index (χ3n) is 3.17. The molecule has 2 N–H and O–H groups in total. The van der Waals surface area contributed by atoms with Gasteiger partial charge in [-0.1, -0.05) is 13.0 Å². The second-order valence-electron chi connectivity index (χ2n) is 5.72. The Morgan fingerprint density at radius 1 is 1.20 bits per heavy atom. The van der Waals surface area contributed by atoms with Crippen LogP contribution in [0.5, 0.6) is 0 Å². The third-order valence-corrected chi connectivity index (χ3v) is 3.17. The van der Waals surface area contributed by atoms with E-state index in [1.165, 1.54) is 18.2 Å². The van der Waals surface area contributed by atoms with E-state index in [4.69, 9.17) is 5.73 Å². The van der Waals surface area contributed by atoms with Crippen LogP contribution in [-0.2, 0) is 12.0 Å². The van der Waals surface area contributed by atoms with Crippen molar-refractivity contribution in [3.8, 4) is 11.3 Å². The molecule has 0 radical (unpaired) electrons. The summed E-state index contributed by atoms with van der Waals surface area (Å²) in [7, 11) is 0. The minimum absolute atomic E-state index is 0.164. The Labute approximate surface area is 117 Å². The second-order valence-corrected chi connectivity index (χ2v) is 5.72. The topological polar surface area (TPSA) is 43.8 Å². The van der Waals surface area contributed by atoms with Gasteiger partial charge in [0.2, 0.25) is 0 Å². The van der Waals surface area contributed by atoms with E-state index in [1.807, 2.05) is 32.3 Å². The van der Waals surface area contributed by atoms with Gasteiger partial charge in [0.1, 0.15) is 29.0 Å². The molecule has 2 rings (SSSR count). The first-order chi connectivity index (χ1) is 9.27. The first-order valence-corrected chi connectivity index (χ1v) is 6.59. The van der Waals surface area contributed by atoms with Crippen LogP contribution in [0.4, 0.5) is 14.6 Å². The van der Waals surface area contributed by atoms with Crippen molar-refractivity contribution in [2.45, 2.75) is 39.7 Å². The zero-order chi connectivity index (χ0) is 15.1. The monoisotopic (exact) mass is 279 g/mol. The molecule has 2 aromatic rings. The van der Waals surface area contributed by atoms with Crippen LogP contribution in [0.15, 0.2) is 18.2 Å². The van der Waals surface area contributed by atoms with Gasteiger partial charge >= 0.3 is 0 Å². The van der Waals surface area contributed by atoms with Gasteiger partial charge in [-0.25, -0.2) is 13.8 Å². The van der Waals surface area contributed by atoms with Gasteiger partial charge in [-0.3, -0.25) is 0 Å². The first kappa shape index (κ1) is 14.5. The van der Waals surface area contributed by atoms with Gasteiger partial charge in [-0.05, 0) is 32.9 Å². The minimum atomic E-state index is -0.655. The number of halogens is 2. The molecule has 0 aliphatic carbocycles. The molecule has 20 heavy (non-hydrogen) atoms. The van der Waals surface area contributed by atoms with E-state index in [0.29, 0.717) is 18.1 Å². The summed E-state index contributed by atoms with van der Waals surface area (Å²) < 4.78 is 29.7. The molecule has 0 fully saturated rings. The molecule has 1 aromatic heterocycles. The van der Waals surface area contributed by atoms with E-state index in [1.54, 1.807) is 0 Å². The average molecular weight is 279 g/mol. The van der Waals surface area contributed by atoms with E-state index in [-0.39, 0.29) is 16.8 Å². The minimum Gasteiger partial charge on any atom is -0.383 e. The van der Waals surface area contributed by atoms with E-state index in [0.717, 1.165) is 0 Å². The lowest BCUT2D eigenvalue weighted by Crippen LogP contribution is -2.25.